The quantitative estimate of drug-likeness (QED) is 0.357. The van der Waals surface area contributed by atoms with E-state index >= 15 is 0 Å². The summed E-state index contributed by atoms with van der Waals surface area (Å²) < 4.78 is 17.9. The highest BCUT2D eigenvalue weighted by atomic mass is 16.5. The van der Waals surface area contributed by atoms with Crippen LogP contribution in [0.3, 0.4) is 0 Å². The Bertz CT molecular complexity index is 1290. The molecule has 7 heteroatoms. The van der Waals surface area contributed by atoms with Crippen molar-refractivity contribution in [1.29, 1.82) is 0 Å². The van der Waals surface area contributed by atoms with Crippen LogP contribution in [-0.4, -0.2) is 37.0 Å². The summed E-state index contributed by atoms with van der Waals surface area (Å²) in [7, 11) is 4.86. The summed E-state index contributed by atoms with van der Waals surface area (Å²) >= 11 is 0. The summed E-state index contributed by atoms with van der Waals surface area (Å²) in [6, 6.07) is 21.1. The van der Waals surface area contributed by atoms with Gasteiger partial charge in [0.15, 0.2) is 0 Å². The molecule has 4 rings (SSSR count). The maximum atomic E-state index is 12.5. The molecule has 1 heterocycles. The Hall–Kier alpha value is -3.97. The molecule has 1 aromatic heterocycles. The molecule has 2 N–H and O–H groups in total. The molecular formula is C27H28N2O5. The molecular weight excluding hydrogens is 432 g/mol. The number of nitrogens with zero attached hydrogens (tertiary/aromatic N) is 1. The lowest BCUT2D eigenvalue weighted by Gasteiger charge is -2.11. The number of aromatic nitrogens is 1. The van der Waals surface area contributed by atoms with Gasteiger partial charge in [-0.05, 0) is 35.9 Å². The minimum Gasteiger partial charge on any atom is -0.497 e. The number of carboxylic acid groups (broad SMARTS) is 1. The lowest BCUT2D eigenvalue weighted by atomic mass is 10.1. The van der Waals surface area contributed by atoms with Crippen LogP contribution in [0.5, 0.6) is 17.2 Å². The van der Waals surface area contributed by atoms with Crippen molar-refractivity contribution in [3.05, 3.63) is 89.1 Å². The maximum Gasteiger partial charge on any atom is 0.352 e. The molecule has 0 fully saturated rings. The van der Waals surface area contributed by atoms with Gasteiger partial charge in [0, 0.05) is 42.2 Å². The van der Waals surface area contributed by atoms with Crippen molar-refractivity contribution in [2.24, 2.45) is 0 Å². The molecule has 0 aliphatic heterocycles. The number of benzene rings is 3. The first kappa shape index (κ1) is 23.2. The summed E-state index contributed by atoms with van der Waals surface area (Å²) in [5.41, 5.74) is 3.77. The number of carbonyl (C=O) groups is 1. The molecule has 0 aliphatic carbocycles. The molecule has 4 aromatic rings. The van der Waals surface area contributed by atoms with Crippen LogP contribution in [-0.2, 0) is 19.6 Å². The Morgan fingerprint density at radius 3 is 2.26 bits per heavy atom. The van der Waals surface area contributed by atoms with Gasteiger partial charge in [0.2, 0.25) is 0 Å². The summed E-state index contributed by atoms with van der Waals surface area (Å²) in [6.45, 7) is 1.34. The molecule has 7 nitrogen and oxygen atoms in total. The zero-order valence-electron chi connectivity index (χ0n) is 19.5. The van der Waals surface area contributed by atoms with E-state index < -0.39 is 5.97 Å². The first-order chi connectivity index (χ1) is 16.5. The van der Waals surface area contributed by atoms with E-state index in [1.165, 1.54) is 0 Å². The van der Waals surface area contributed by atoms with Crippen LogP contribution < -0.4 is 19.5 Å². The zero-order valence-corrected chi connectivity index (χ0v) is 19.5. The number of carboxylic acids is 1. The third kappa shape index (κ3) is 4.70. The second kappa shape index (κ2) is 10.3. The fourth-order valence-corrected chi connectivity index (χ4v) is 4.20. The highest BCUT2D eigenvalue weighted by molar-refractivity contribution is 5.98. The van der Waals surface area contributed by atoms with Gasteiger partial charge in [0.05, 0.1) is 26.8 Å². The van der Waals surface area contributed by atoms with E-state index in [1.54, 1.807) is 21.3 Å². The fourth-order valence-electron chi connectivity index (χ4n) is 4.20. The number of aromatic carboxylic acids is 1. The van der Waals surface area contributed by atoms with Crippen LogP contribution in [0.1, 0.15) is 27.2 Å². The van der Waals surface area contributed by atoms with Crippen molar-refractivity contribution in [1.82, 2.24) is 9.88 Å². The monoisotopic (exact) mass is 460 g/mol. The van der Waals surface area contributed by atoms with Gasteiger partial charge in [0.1, 0.15) is 22.9 Å². The average molecular weight is 461 g/mol. The van der Waals surface area contributed by atoms with Gasteiger partial charge < -0.3 is 29.2 Å². The predicted octanol–water partition coefficient (Wildman–Crippen LogP) is 4.70. The number of hydrogen-bond acceptors (Lipinski definition) is 5. The Morgan fingerprint density at radius 1 is 0.882 bits per heavy atom. The Labute approximate surface area is 198 Å². The number of para-hydroxylation sites is 1. The zero-order chi connectivity index (χ0) is 24.1. The SMILES string of the molecule is COc1ccc(Cn2c(C(=O)O)c(CNCc3ccccc3OC)c3ccc(OC)cc32)cc1. The first-order valence-corrected chi connectivity index (χ1v) is 10.9. The smallest absolute Gasteiger partial charge is 0.352 e. The summed E-state index contributed by atoms with van der Waals surface area (Å²) in [6.07, 6.45) is 0. The van der Waals surface area contributed by atoms with Crippen molar-refractivity contribution in [2.75, 3.05) is 21.3 Å². The second-order valence-electron chi connectivity index (χ2n) is 7.87. The van der Waals surface area contributed by atoms with Gasteiger partial charge in [0.25, 0.3) is 0 Å². The number of nitrogens with one attached hydrogen (secondary N) is 1. The van der Waals surface area contributed by atoms with E-state index in [1.807, 2.05) is 71.3 Å². The fraction of sp³-hybridized carbons (Fsp3) is 0.222. The van der Waals surface area contributed by atoms with Crippen molar-refractivity contribution in [3.63, 3.8) is 0 Å². The minimum absolute atomic E-state index is 0.256. The Morgan fingerprint density at radius 2 is 1.59 bits per heavy atom. The van der Waals surface area contributed by atoms with Gasteiger partial charge in [-0.3, -0.25) is 0 Å². The standard InChI is InChI=1S/C27H28N2O5/c1-32-20-10-8-18(9-11-20)17-29-24-14-21(33-2)12-13-22(24)23(26(29)27(30)31)16-28-15-19-6-4-5-7-25(19)34-3/h4-14,28H,15-17H2,1-3H3,(H,30,31). The maximum absolute atomic E-state index is 12.5. The molecule has 34 heavy (non-hydrogen) atoms. The predicted molar refractivity (Wildman–Crippen MR) is 131 cm³/mol. The van der Waals surface area contributed by atoms with Crippen LogP contribution in [0.15, 0.2) is 66.7 Å². The van der Waals surface area contributed by atoms with Crippen molar-refractivity contribution >= 4 is 16.9 Å². The van der Waals surface area contributed by atoms with E-state index in [9.17, 15) is 9.90 Å². The summed E-state index contributed by atoms with van der Waals surface area (Å²) in [5.74, 6) is 1.24. The highest BCUT2D eigenvalue weighted by Crippen LogP contribution is 2.31. The third-order valence-corrected chi connectivity index (χ3v) is 5.89. The van der Waals surface area contributed by atoms with Crippen LogP contribution >= 0.6 is 0 Å². The molecule has 0 saturated carbocycles. The molecule has 176 valence electrons. The lowest BCUT2D eigenvalue weighted by Crippen LogP contribution is -2.17. The number of hydrogen-bond donors (Lipinski definition) is 2. The van der Waals surface area contributed by atoms with Gasteiger partial charge in [-0.15, -0.1) is 0 Å². The Kier molecular flexibility index (Phi) is 7.04. The van der Waals surface area contributed by atoms with E-state index in [4.69, 9.17) is 14.2 Å². The minimum atomic E-state index is -0.974. The van der Waals surface area contributed by atoms with Gasteiger partial charge in [-0.25, -0.2) is 4.79 Å². The number of fused-ring (bicyclic) bond motifs is 1. The normalized spacial score (nSPS) is 10.9. The highest BCUT2D eigenvalue weighted by Gasteiger charge is 2.23. The molecule has 0 saturated heterocycles. The second-order valence-corrected chi connectivity index (χ2v) is 7.87. The summed E-state index contributed by atoms with van der Waals surface area (Å²) in [5, 5.41) is 14.5. The van der Waals surface area contributed by atoms with E-state index in [0.29, 0.717) is 25.4 Å². The number of ether oxygens (including phenoxy) is 3. The Balaban J connectivity index is 1.72. The first-order valence-electron chi connectivity index (χ1n) is 10.9. The molecule has 0 radical (unpaired) electrons. The van der Waals surface area contributed by atoms with Crippen LogP contribution in [0.25, 0.3) is 10.9 Å². The molecule has 0 atom stereocenters. The molecule has 3 aromatic carbocycles. The van der Waals surface area contributed by atoms with E-state index in [-0.39, 0.29) is 5.69 Å². The van der Waals surface area contributed by atoms with Gasteiger partial charge in [-0.2, -0.15) is 0 Å². The van der Waals surface area contributed by atoms with Crippen molar-refractivity contribution < 1.29 is 24.1 Å². The van der Waals surface area contributed by atoms with Gasteiger partial charge in [-0.1, -0.05) is 30.3 Å². The van der Waals surface area contributed by atoms with Gasteiger partial charge >= 0.3 is 5.97 Å². The molecule has 0 spiro atoms. The number of rotatable bonds is 10. The van der Waals surface area contributed by atoms with Crippen LogP contribution in [0, 0.1) is 0 Å². The third-order valence-electron chi connectivity index (χ3n) is 5.89. The van der Waals surface area contributed by atoms with Crippen LogP contribution in [0.2, 0.25) is 0 Å². The van der Waals surface area contributed by atoms with E-state index in [0.717, 1.165) is 39.1 Å². The molecule has 0 bridgehead atoms. The van der Waals surface area contributed by atoms with Crippen molar-refractivity contribution in [3.8, 4) is 17.2 Å². The van der Waals surface area contributed by atoms with E-state index in [2.05, 4.69) is 5.32 Å². The molecule has 0 unspecified atom stereocenters. The average Bonchev–Trinajstić information content (AvgIpc) is 3.17. The largest absolute Gasteiger partial charge is 0.497 e. The molecule has 0 aliphatic rings. The topological polar surface area (TPSA) is 82.0 Å². The van der Waals surface area contributed by atoms with Crippen molar-refractivity contribution in [2.45, 2.75) is 19.6 Å². The molecule has 0 amide bonds. The summed E-state index contributed by atoms with van der Waals surface area (Å²) in [4.78, 5) is 12.5. The van der Waals surface area contributed by atoms with Crippen LogP contribution in [0.4, 0.5) is 0 Å². The lowest BCUT2D eigenvalue weighted by molar-refractivity contribution is 0.0684. The number of methoxy groups -OCH3 is 3.